The van der Waals surface area contributed by atoms with E-state index in [-0.39, 0.29) is 6.10 Å². The molecule has 0 aliphatic heterocycles. The summed E-state index contributed by atoms with van der Waals surface area (Å²) in [5.41, 5.74) is 0. The molecular formula is C21H32O2. The number of hydrogen-bond donors (Lipinski definition) is 1. The zero-order valence-corrected chi connectivity index (χ0v) is 14.5. The van der Waals surface area contributed by atoms with Gasteiger partial charge in [0, 0.05) is 6.42 Å². The van der Waals surface area contributed by atoms with Crippen LogP contribution in [0.15, 0.2) is 59.3 Å². The lowest BCUT2D eigenvalue weighted by Crippen LogP contribution is -1.98. The Morgan fingerprint density at radius 2 is 1.87 bits per heavy atom. The van der Waals surface area contributed by atoms with Gasteiger partial charge < -0.3 is 9.52 Å². The molecule has 0 bridgehead atoms. The van der Waals surface area contributed by atoms with E-state index < -0.39 is 0 Å². The topological polar surface area (TPSA) is 33.4 Å². The van der Waals surface area contributed by atoms with Crippen LogP contribution in [0.4, 0.5) is 0 Å². The molecule has 0 aliphatic carbocycles. The van der Waals surface area contributed by atoms with Crippen molar-refractivity contribution in [3.63, 3.8) is 0 Å². The van der Waals surface area contributed by atoms with E-state index in [1.165, 1.54) is 32.1 Å². The monoisotopic (exact) mass is 316 g/mol. The Hall–Kier alpha value is -1.54. The molecule has 1 aromatic rings. The molecule has 0 fully saturated rings. The normalized spacial score (nSPS) is 13.7. The van der Waals surface area contributed by atoms with Crippen LogP contribution in [0.2, 0.25) is 0 Å². The lowest BCUT2D eigenvalue weighted by Gasteiger charge is -1.99. The molecule has 1 unspecified atom stereocenters. The average molecular weight is 316 g/mol. The van der Waals surface area contributed by atoms with E-state index in [2.05, 4.69) is 25.1 Å². The van der Waals surface area contributed by atoms with Crippen molar-refractivity contribution in [2.24, 2.45) is 0 Å². The second-order valence-electron chi connectivity index (χ2n) is 5.88. The lowest BCUT2D eigenvalue weighted by atomic mass is 10.1. The molecule has 0 radical (unpaired) electrons. The van der Waals surface area contributed by atoms with Gasteiger partial charge >= 0.3 is 0 Å². The first kappa shape index (κ1) is 19.5. The Labute approximate surface area is 141 Å². The first-order chi connectivity index (χ1) is 11.3. The molecule has 23 heavy (non-hydrogen) atoms. The Balaban J connectivity index is 1.90. The molecule has 0 amide bonds. The molecule has 1 aromatic heterocycles. The van der Waals surface area contributed by atoms with Gasteiger partial charge in [0.1, 0.15) is 5.76 Å². The molecule has 1 N–H and O–H groups in total. The SMILES string of the molecule is CCC=CCC(O)C=CC=CCCCCCCCc1ccco1. The Morgan fingerprint density at radius 3 is 2.65 bits per heavy atom. The molecule has 0 saturated heterocycles. The van der Waals surface area contributed by atoms with Crippen LogP contribution in [-0.2, 0) is 6.42 Å². The fourth-order valence-electron chi connectivity index (χ4n) is 2.39. The van der Waals surface area contributed by atoms with E-state index in [1.54, 1.807) is 6.26 Å². The number of aliphatic hydroxyl groups excluding tert-OH is 1. The van der Waals surface area contributed by atoms with Crippen molar-refractivity contribution < 1.29 is 9.52 Å². The maximum atomic E-state index is 9.69. The number of hydrogen-bond acceptors (Lipinski definition) is 2. The summed E-state index contributed by atoms with van der Waals surface area (Å²) in [4.78, 5) is 0. The van der Waals surface area contributed by atoms with Crippen molar-refractivity contribution in [3.8, 4) is 0 Å². The van der Waals surface area contributed by atoms with Crippen LogP contribution in [-0.4, -0.2) is 11.2 Å². The van der Waals surface area contributed by atoms with Crippen LogP contribution < -0.4 is 0 Å². The third kappa shape index (κ3) is 11.7. The highest BCUT2D eigenvalue weighted by Crippen LogP contribution is 2.10. The highest BCUT2D eigenvalue weighted by atomic mass is 16.3. The summed E-state index contributed by atoms with van der Waals surface area (Å²) in [6, 6.07) is 4.01. The minimum Gasteiger partial charge on any atom is -0.469 e. The quantitative estimate of drug-likeness (QED) is 0.275. The number of aryl methyl sites for hydroxylation is 1. The summed E-state index contributed by atoms with van der Waals surface area (Å²) in [5.74, 6) is 1.10. The van der Waals surface area contributed by atoms with Crippen molar-refractivity contribution >= 4 is 0 Å². The van der Waals surface area contributed by atoms with Crippen molar-refractivity contribution in [1.82, 2.24) is 0 Å². The Bertz CT molecular complexity index is 440. The summed E-state index contributed by atoms with van der Waals surface area (Å²) in [7, 11) is 0. The average Bonchev–Trinajstić information content (AvgIpc) is 3.06. The van der Waals surface area contributed by atoms with Gasteiger partial charge in [-0.1, -0.05) is 62.6 Å². The van der Waals surface area contributed by atoms with E-state index in [0.29, 0.717) is 6.42 Å². The summed E-state index contributed by atoms with van der Waals surface area (Å²) in [6.45, 7) is 2.10. The summed E-state index contributed by atoms with van der Waals surface area (Å²) in [6.07, 6.45) is 23.8. The van der Waals surface area contributed by atoms with Crippen molar-refractivity contribution in [2.75, 3.05) is 0 Å². The second kappa shape index (κ2) is 14.1. The van der Waals surface area contributed by atoms with Gasteiger partial charge in [-0.2, -0.15) is 0 Å². The van der Waals surface area contributed by atoms with Crippen molar-refractivity contribution in [3.05, 3.63) is 60.6 Å². The largest absolute Gasteiger partial charge is 0.469 e. The maximum absolute atomic E-state index is 9.69. The number of rotatable bonds is 13. The summed E-state index contributed by atoms with van der Waals surface area (Å²) in [5, 5.41) is 9.69. The summed E-state index contributed by atoms with van der Waals surface area (Å²) < 4.78 is 5.32. The molecule has 1 atom stereocenters. The van der Waals surface area contributed by atoms with E-state index in [4.69, 9.17) is 4.42 Å². The van der Waals surface area contributed by atoms with E-state index in [1.807, 2.05) is 30.4 Å². The van der Waals surface area contributed by atoms with Crippen LogP contribution >= 0.6 is 0 Å². The van der Waals surface area contributed by atoms with Gasteiger partial charge in [-0.15, -0.1) is 0 Å². The highest BCUT2D eigenvalue weighted by molar-refractivity contribution is 5.05. The van der Waals surface area contributed by atoms with E-state index in [9.17, 15) is 5.11 Å². The number of aliphatic hydroxyl groups is 1. The molecule has 0 saturated carbocycles. The second-order valence-corrected chi connectivity index (χ2v) is 5.88. The Kier molecular flexibility index (Phi) is 11.9. The van der Waals surface area contributed by atoms with Crippen LogP contribution in [0.5, 0.6) is 0 Å². The molecule has 128 valence electrons. The van der Waals surface area contributed by atoms with Gasteiger partial charge in [0.25, 0.3) is 0 Å². The molecular weight excluding hydrogens is 284 g/mol. The van der Waals surface area contributed by atoms with E-state index in [0.717, 1.165) is 25.0 Å². The lowest BCUT2D eigenvalue weighted by molar-refractivity contribution is 0.227. The molecule has 0 spiro atoms. The number of unbranched alkanes of at least 4 members (excludes halogenated alkanes) is 5. The zero-order valence-electron chi connectivity index (χ0n) is 14.5. The van der Waals surface area contributed by atoms with Crippen LogP contribution in [0.3, 0.4) is 0 Å². The van der Waals surface area contributed by atoms with Crippen molar-refractivity contribution in [1.29, 1.82) is 0 Å². The molecule has 0 aromatic carbocycles. The van der Waals surface area contributed by atoms with Gasteiger partial charge in [0.15, 0.2) is 0 Å². The van der Waals surface area contributed by atoms with Gasteiger partial charge in [-0.05, 0) is 44.2 Å². The van der Waals surface area contributed by atoms with Crippen LogP contribution in [0.1, 0.15) is 64.1 Å². The third-order valence-corrected chi connectivity index (χ3v) is 3.73. The molecule has 1 rings (SSSR count). The highest BCUT2D eigenvalue weighted by Gasteiger charge is 1.95. The zero-order chi connectivity index (χ0) is 16.6. The van der Waals surface area contributed by atoms with Gasteiger partial charge in [-0.3, -0.25) is 0 Å². The maximum Gasteiger partial charge on any atom is 0.103 e. The summed E-state index contributed by atoms with van der Waals surface area (Å²) >= 11 is 0. The smallest absolute Gasteiger partial charge is 0.103 e. The molecule has 2 nitrogen and oxygen atoms in total. The third-order valence-electron chi connectivity index (χ3n) is 3.73. The minimum absolute atomic E-state index is 0.364. The predicted octanol–water partition coefficient (Wildman–Crippen LogP) is 5.99. The first-order valence-electron chi connectivity index (χ1n) is 9.01. The first-order valence-corrected chi connectivity index (χ1v) is 9.01. The number of furan rings is 1. The van der Waals surface area contributed by atoms with Crippen LogP contribution in [0, 0.1) is 0 Å². The standard InChI is InChI=1S/C21H32O2/c1-2-3-11-15-20(22)16-12-9-7-5-4-6-8-10-13-17-21-18-14-19-23-21/h3,7,9,11-12,14,16,18-20,22H,2,4-6,8,10,13,15,17H2,1H3. The molecule has 0 aliphatic rings. The van der Waals surface area contributed by atoms with Crippen molar-refractivity contribution in [2.45, 2.75) is 70.8 Å². The van der Waals surface area contributed by atoms with Crippen LogP contribution in [0.25, 0.3) is 0 Å². The molecule has 1 heterocycles. The predicted molar refractivity (Wildman–Crippen MR) is 98.4 cm³/mol. The van der Waals surface area contributed by atoms with Gasteiger partial charge in [-0.25, -0.2) is 0 Å². The fourth-order valence-corrected chi connectivity index (χ4v) is 2.39. The Morgan fingerprint density at radius 1 is 1.04 bits per heavy atom. The molecule has 2 heteroatoms. The fraction of sp³-hybridized carbons (Fsp3) is 0.524. The van der Waals surface area contributed by atoms with Gasteiger partial charge in [0.05, 0.1) is 12.4 Å². The van der Waals surface area contributed by atoms with Gasteiger partial charge in [0.2, 0.25) is 0 Å². The van der Waals surface area contributed by atoms with E-state index >= 15 is 0 Å². The minimum atomic E-state index is -0.364. The number of allylic oxidation sites excluding steroid dienone is 4.